The lowest BCUT2D eigenvalue weighted by molar-refractivity contribution is -0.385. The molecule has 0 aliphatic heterocycles. The number of hydrazone groups is 1. The first-order valence-corrected chi connectivity index (χ1v) is 7.43. The Bertz CT molecular complexity index is 939. The van der Waals surface area contributed by atoms with E-state index in [1.54, 1.807) is 12.1 Å². The molecule has 0 aliphatic carbocycles. The van der Waals surface area contributed by atoms with Crippen LogP contribution in [-0.2, 0) is 4.79 Å². The van der Waals surface area contributed by atoms with E-state index in [0.717, 1.165) is 24.4 Å². The Morgan fingerprint density at radius 3 is 2.67 bits per heavy atom. The van der Waals surface area contributed by atoms with Crippen molar-refractivity contribution in [3.63, 3.8) is 0 Å². The molecule has 0 radical (unpaired) electrons. The van der Waals surface area contributed by atoms with E-state index in [9.17, 15) is 24.8 Å². The van der Waals surface area contributed by atoms with Gasteiger partial charge in [-0.25, -0.2) is 10.9 Å². The molecule has 138 valence electrons. The number of carbonyl (C=O) groups excluding carboxylic acids is 2. The summed E-state index contributed by atoms with van der Waals surface area (Å²) in [6.07, 6.45) is 3.52. The van der Waals surface area contributed by atoms with E-state index in [1.807, 2.05) is 0 Å². The van der Waals surface area contributed by atoms with Gasteiger partial charge in [-0.05, 0) is 35.9 Å². The lowest BCUT2D eigenvalue weighted by Gasteiger charge is -2.02. The van der Waals surface area contributed by atoms with Gasteiger partial charge in [-0.2, -0.15) is 5.10 Å². The van der Waals surface area contributed by atoms with Crippen LogP contribution in [0.2, 0.25) is 0 Å². The van der Waals surface area contributed by atoms with Crippen LogP contribution in [0.1, 0.15) is 21.5 Å². The molecule has 0 aromatic heterocycles. The molecule has 0 aliphatic rings. The van der Waals surface area contributed by atoms with Gasteiger partial charge in [0.25, 0.3) is 17.5 Å². The average Bonchev–Trinajstić information content (AvgIpc) is 2.66. The van der Waals surface area contributed by atoms with Crippen molar-refractivity contribution in [3.8, 4) is 5.75 Å². The highest BCUT2D eigenvalue weighted by atomic mass is 16.6. The van der Waals surface area contributed by atoms with Crippen LogP contribution in [0.5, 0.6) is 5.75 Å². The molecule has 10 heteroatoms. The van der Waals surface area contributed by atoms with E-state index in [4.69, 9.17) is 5.21 Å². The van der Waals surface area contributed by atoms with Crippen LogP contribution in [0.15, 0.2) is 53.6 Å². The van der Waals surface area contributed by atoms with E-state index in [1.165, 1.54) is 29.8 Å². The van der Waals surface area contributed by atoms with Gasteiger partial charge in [0.1, 0.15) is 5.75 Å². The predicted molar refractivity (Wildman–Crippen MR) is 95.2 cm³/mol. The van der Waals surface area contributed by atoms with Gasteiger partial charge in [-0.3, -0.25) is 24.9 Å². The van der Waals surface area contributed by atoms with Crippen molar-refractivity contribution in [1.29, 1.82) is 0 Å². The molecule has 2 aromatic rings. The minimum absolute atomic E-state index is 0.0204. The summed E-state index contributed by atoms with van der Waals surface area (Å²) in [5.41, 5.74) is 4.16. The molecule has 0 fully saturated rings. The molecule has 0 bridgehead atoms. The fraction of sp³-hybridized carbons (Fsp3) is 0. The number of amides is 2. The number of carbonyl (C=O) groups is 2. The molecule has 0 atom stereocenters. The monoisotopic (exact) mass is 370 g/mol. The third kappa shape index (κ3) is 5.47. The summed E-state index contributed by atoms with van der Waals surface area (Å²) in [4.78, 5) is 33.4. The number of nitrogens with zero attached hydrogens (tertiary/aromatic N) is 2. The number of rotatable bonds is 6. The zero-order valence-corrected chi connectivity index (χ0v) is 13.7. The molecule has 0 heterocycles. The highest BCUT2D eigenvalue weighted by Gasteiger charge is 2.12. The fourth-order valence-corrected chi connectivity index (χ4v) is 2.03. The number of nitrogens with one attached hydrogen (secondary N) is 2. The first-order valence-electron chi connectivity index (χ1n) is 7.43. The number of phenolic OH excluding ortho intramolecular Hbond substituents is 1. The molecule has 2 rings (SSSR count). The fourth-order valence-electron chi connectivity index (χ4n) is 2.03. The number of hydrogen-bond donors (Lipinski definition) is 4. The molecular weight excluding hydrogens is 356 g/mol. The van der Waals surface area contributed by atoms with Gasteiger partial charge in [-0.15, -0.1) is 0 Å². The summed E-state index contributed by atoms with van der Waals surface area (Å²) in [5, 5.41) is 32.5. The average molecular weight is 370 g/mol. The summed E-state index contributed by atoms with van der Waals surface area (Å²) >= 11 is 0. The van der Waals surface area contributed by atoms with Gasteiger partial charge in [-0.1, -0.05) is 12.1 Å². The van der Waals surface area contributed by atoms with Crippen molar-refractivity contribution >= 4 is 29.8 Å². The van der Waals surface area contributed by atoms with E-state index < -0.39 is 16.7 Å². The van der Waals surface area contributed by atoms with Crippen LogP contribution < -0.4 is 10.9 Å². The van der Waals surface area contributed by atoms with Crippen LogP contribution in [0, 0.1) is 10.1 Å². The quantitative estimate of drug-likeness (QED) is 0.199. The van der Waals surface area contributed by atoms with E-state index in [0.29, 0.717) is 5.56 Å². The SMILES string of the molecule is O=C(/C=C/c1cccc(C(=O)N/N=C/c2cc(O)ccc2[N+](=O)[O-])c1)NO. The first kappa shape index (κ1) is 19.3. The Morgan fingerprint density at radius 2 is 1.96 bits per heavy atom. The van der Waals surface area contributed by atoms with Gasteiger partial charge in [0.2, 0.25) is 0 Å². The molecule has 10 nitrogen and oxygen atoms in total. The van der Waals surface area contributed by atoms with Gasteiger partial charge in [0, 0.05) is 17.7 Å². The number of hydroxylamine groups is 1. The highest BCUT2D eigenvalue weighted by molar-refractivity contribution is 5.96. The molecular formula is C17H14N4O6. The summed E-state index contributed by atoms with van der Waals surface area (Å²) in [5.74, 6) is -1.49. The minimum Gasteiger partial charge on any atom is -0.508 e. The molecule has 2 aromatic carbocycles. The summed E-state index contributed by atoms with van der Waals surface area (Å²) in [7, 11) is 0. The summed E-state index contributed by atoms with van der Waals surface area (Å²) in [6.45, 7) is 0. The van der Waals surface area contributed by atoms with Crippen molar-refractivity contribution in [2.45, 2.75) is 0 Å². The molecule has 0 saturated heterocycles. The van der Waals surface area contributed by atoms with Crippen LogP contribution in [0.4, 0.5) is 5.69 Å². The maximum atomic E-state index is 12.1. The predicted octanol–water partition coefficient (Wildman–Crippen LogP) is 1.58. The minimum atomic E-state index is -0.720. The standard InChI is InChI=1S/C17H14N4O6/c22-14-5-6-15(21(26)27)13(9-14)10-18-19-17(24)12-3-1-2-11(8-12)4-7-16(23)20-25/h1-10,22,25H,(H,19,24)(H,20,23)/b7-4+,18-10+. The lowest BCUT2D eigenvalue weighted by Crippen LogP contribution is -2.17. The Labute approximate surface area is 152 Å². The largest absolute Gasteiger partial charge is 0.508 e. The second-order valence-corrected chi connectivity index (χ2v) is 5.13. The lowest BCUT2D eigenvalue weighted by atomic mass is 10.1. The maximum absolute atomic E-state index is 12.1. The molecule has 0 spiro atoms. The number of hydrogen-bond acceptors (Lipinski definition) is 7. The van der Waals surface area contributed by atoms with Crippen molar-refractivity contribution in [3.05, 3.63) is 75.3 Å². The van der Waals surface area contributed by atoms with Crippen LogP contribution in [0.3, 0.4) is 0 Å². The number of nitro benzene ring substituents is 1. The van der Waals surface area contributed by atoms with Gasteiger partial charge in [0.15, 0.2) is 0 Å². The second-order valence-electron chi connectivity index (χ2n) is 5.13. The molecule has 0 unspecified atom stereocenters. The van der Waals surface area contributed by atoms with Crippen LogP contribution >= 0.6 is 0 Å². The number of phenols is 1. The van der Waals surface area contributed by atoms with Crippen LogP contribution in [-0.4, -0.2) is 33.3 Å². The van der Waals surface area contributed by atoms with E-state index in [-0.39, 0.29) is 22.6 Å². The highest BCUT2D eigenvalue weighted by Crippen LogP contribution is 2.21. The van der Waals surface area contributed by atoms with Crippen molar-refractivity contribution in [2.75, 3.05) is 0 Å². The molecule has 0 saturated carbocycles. The summed E-state index contributed by atoms with van der Waals surface area (Å²) < 4.78 is 0. The second kappa shape index (κ2) is 8.87. The zero-order chi connectivity index (χ0) is 19.8. The zero-order valence-electron chi connectivity index (χ0n) is 13.7. The smallest absolute Gasteiger partial charge is 0.278 e. The first-order chi connectivity index (χ1) is 12.9. The van der Waals surface area contributed by atoms with Crippen molar-refractivity contribution < 1.29 is 24.8 Å². The van der Waals surface area contributed by atoms with Crippen molar-refractivity contribution in [2.24, 2.45) is 5.10 Å². The van der Waals surface area contributed by atoms with E-state index in [2.05, 4.69) is 10.5 Å². The Hall–Kier alpha value is -4.05. The van der Waals surface area contributed by atoms with Gasteiger partial charge < -0.3 is 5.11 Å². The van der Waals surface area contributed by atoms with Crippen molar-refractivity contribution in [1.82, 2.24) is 10.9 Å². The number of nitro groups is 1. The third-order valence-corrected chi connectivity index (χ3v) is 3.26. The Balaban J connectivity index is 2.11. The normalized spacial score (nSPS) is 10.9. The summed E-state index contributed by atoms with van der Waals surface area (Å²) in [6, 6.07) is 9.63. The number of aromatic hydroxyl groups is 1. The van der Waals surface area contributed by atoms with Gasteiger partial charge in [0.05, 0.1) is 16.7 Å². The number of benzene rings is 2. The molecule has 27 heavy (non-hydrogen) atoms. The molecule has 2 amide bonds. The molecule has 4 N–H and O–H groups in total. The third-order valence-electron chi connectivity index (χ3n) is 3.26. The van der Waals surface area contributed by atoms with Crippen LogP contribution in [0.25, 0.3) is 6.08 Å². The van der Waals surface area contributed by atoms with Gasteiger partial charge >= 0.3 is 0 Å². The Kier molecular flexibility index (Phi) is 6.34. The maximum Gasteiger partial charge on any atom is 0.278 e. The van der Waals surface area contributed by atoms with E-state index >= 15 is 0 Å². The topological polar surface area (TPSA) is 154 Å². The Morgan fingerprint density at radius 1 is 1.19 bits per heavy atom.